The van der Waals surface area contributed by atoms with Gasteiger partial charge in [-0.05, 0) is 18.3 Å². The van der Waals surface area contributed by atoms with E-state index >= 15 is 0 Å². The Bertz CT molecular complexity index is 682. The second-order valence-corrected chi connectivity index (χ2v) is 6.70. The molecule has 3 aromatic carbocycles. The zero-order chi connectivity index (χ0) is 14.2. The fraction of sp³-hybridized carbons (Fsp3) is 0.222. The SMILES string of the molecule is C[c-]1ccc2cc3c(cc21)CC(C)(C)C3.[CH3-].[CH3-].[CH3-].[CH3-].[CH3-].[CH3-].[CH3-].[Hf].c1cc[cH-]c1. The molecule has 0 nitrogen and oxygen atoms in total. The Morgan fingerprint density at radius 2 is 1.29 bits per heavy atom. The van der Waals surface area contributed by atoms with E-state index in [1.165, 1.54) is 29.2 Å². The van der Waals surface area contributed by atoms with Gasteiger partial charge in [-0.25, -0.2) is 12.1 Å². The minimum atomic E-state index is 0. The summed E-state index contributed by atoms with van der Waals surface area (Å²) in [6, 6.07) is 19.3. The first-order chi connectivity index (χ1) is 9.55. The van der Waals surface area contributed by atoms with Crippen molar-refractivity contribution in [3.63, 3.8) is 0 Å². The van der Waals surface area contributed by atoms with Crippen molar-refractivity contribution >= 4 is 10.8 Å². The Kier molecular flexibility index (Phi) is 25.1. The maximum atomic E-state index is 2.41. The molecule has 0 bridgehead atoms. The van der Waals surface area contributed by atoms with Gasteiger partial charge in [-0.1, -0.05) is 31.9 Å². The van der Waals surface area contributed by atoms with Crippen molar-refractivity contribution in [1.29, 1.82) is 0 Å². The van der Waals surface area contributed by atoms with Crippen molar-refractivity contribution in [2.45, 2.75) is 33.6 Å². The van der Waals surface area contributed by atoms with E-state index in [9.17, 15) is 0 Å². The summed E-state index contributed by atoms with van der Waals surface area (Å²) in [6.45, 7) is 6.93. The second kappa shape index (κ2) is 17.0. The molecule has 1 aliphatic carbocycles. The van der Waals surface area contributed by atoms with Gasteiger partial charge in [-0.15, -0.1) is 28.5 Å². The van der Waals surface area contributed by atoms with E-state index in [0.717, 1.165) is 0 Å². The van der Waals surface area contributed by atoms with Gasteiger partial charge in [0.15, 0.2) is 0 Å². The number of rotatable bonds is 0. The Morgan fingerprint density at radius 3 is 1.71 bits per heavy atom. The molecular formula is C27H43Hf-9. The smallest absolute Gasteiger partial charge is 0 e. The van der Waals surface area contributed by atoms with Crippen LogP contribution in [-0.2, 0) is 38.7 Å². The molecule has 0 saturated carbocycles. The number of hydrogen-bond acceptors (Lipinski definition) is 0. The van der Waals surface area contributed by atoms with Gasteiger partial charge in [0.05, 0.1) is 0 Å². The monoisotopic (exact) mass is 547 g/mol. The van der Waals surface area contributed by atoms with E-state index in [1.807, 2.05) is 30.3 Å². The maximum Gasteiger partial charge on any atom is 0 e. The molecule has 3 aromatic rings. The van der Waals surface area contributed by atoms with Crippen LogP contribution in [0.1, 0.15) is 30.5 Å². The zero-order valence-electron chi connectivity index (χ0n) is 20.1. The molecule has 0 unspecified atom stereocenters. The molecular weight excluding hydrogens is 503 g/mol. The van der Waals surface area contributed by atoms with Crippen molar-refractivity contribution in [3.8, 4) is 0 Å². The van der Waals surface area contributed by atoms with Gasteiger partial charge < -0.3 is 52.0 Å². The Hall–Kier alpha value is -0.950. The van der Waals surface area contributed by atoms with Gasteiger partial charge in [0, 0.05) is 25.8 Å². The molecule has 0 fully saturated rings. The van der Waals surface area contributed by atoms with Crippen LogP contribution in [0.4, 0.5) is 0 Å². The standard InChI is InChI=1S/C15H17.C5H5.7CH3.Hf/c1-10-4-5-11-6-12-8-15(2,3)9-13(12)7-14(10)11;1-2-4-5-3-1;;;;;;;;/h4-7H,8-9H2,1-3H3;1-5H;7*1H3;/q9*-1;. The zero-order valence-corrected chi connectivity index (χ0v) is 23.7. The van der Waals surface area contributed by atoms with Crippen molar-refractivity contribution in [2.75, 3.05) is 0 Å². The summed E-state index contributed by atoms with van der Waals surface area (Å²) >= 11 is 0. The van der Waals surface area contributed by atoms with Crippen LogP contribution in [0.2, 0.25) is 0 Å². The van der Waals surface area contributed by atoms with Crippen LogP contribution in [-0.4, -0.2) is 0 Å². The van der Waals surface area contributed by atoms with Crippen LogP contribution >= 0.6 is 0 Å². The second-order valence-electron chi connectivity index (χ2n) is 6.70. The first-order valence-corrected chi connectivity index (χ1v) is 7.40. The number of aryl methyl sites for hydroxylation is 1. The molecule has 0 aromatic heterocycles. The maximum absolute atomic E-state index is 2.41. The summed E-state index contributed by atoms with van der Waals surface area (Å²) in [5.74, 6) is 0. The molecule has 0 atom stereocenters. The van der Waals surface area contributed by atoms with Gasteiger partial charge in [0.2, 0.25) is 0 Å². The molecule has 1 aliphatic rings. The predicted molar refractivity (Wildman–Crippen MR) is 132 cm³/mol. The quantitative estimate of drug-likeness (QED) is 0.196. The van der Waals surface area contributed by atoms with Crippen LogP contribution in [0.15, 0.2) is 54.6 Å². The largest absolute Gasteiger partial charge is 0.358 e. The van der Waals surface area contributed by atoms with E-state index < -0.39 is 0 Å². The molecule has 1 heteroatoms. The molecule has 0 amide bonds. The van der Waals surface area contributed by atoms with Gasteiger partial charge in [-0.2, -0.15) is 30.3 Å². The molecule has 28 heavy (non-hydrogen) atoms. The molecule has 0 saturated heterocycles. The Balaban J connectivity index is -0.0000000839. The molecule has 0 heterocycles. The van der Waals surface area contributed by atoms with Gasteiger partial charge >= 0.3 is 0 Å². The molecule has 0 aliphatic heterocycles. The van der Waals surface area contributed by atoms with E-state index in [2.05, 4.69) is 45.0 Å². The van der Waals surface area contributed by atoms with Crippen molar-refractivity contribution in [2.24, 2.45) is 5.41 Å². The van der Waals surface area contributed by atoms with Crippen molar-refractivity contribution in [3.05, 3.63) is 123 Å². The van der Waals surface area contributed by atoms with Gasteiger partial charge in [0.25, 0.3) is 0 Å². The summed E-state index contributed by atoms with van der Waals surface area (Å²) in [5, 5.41) is 2.87. The normalized spacial score (nSPS) is 11.2. The summed E-state index contributed by atoms with van der Waals surface area (Å²) in [4.78, 5) is 0. The summed E-state index contributed by atoms with van der Waals surface area (Å²) in [6.07, 6.45) is 2.48. The average Bonchev–Trinajstić information content (AvgIpc) is 3.08. The number of benzene rings is 1. The molecule has 164 valence electrons. The average molecular weight is 546 g/mol. The summed E-state index contributed by atoms with van der Waals surface area (Å²) < 4.78 is 0. The number of fused-ring (bicyclic) bond motifs is 2. The first-order valence-electron chi connectivity index (χ1n) is 7.40. The van der Waals surface area contributed by atoms with Crippen LogP contribution in [0.3, 0.4) is 0 Å². The van der Waals surface area contributed by atoms with Crippen LogP contribution in [0, 0.1) is 64.3 Å². The summed E-state index contributed by atoms with van der Waals surface area (Å²) in [7, 11) is 0. The molecule has 0 radical (unpaired) electrons. The van der Waals surface area contributed by atoms with Crippen LogP contribution in [0.5, 0.6) is 0 Å². The van der Waals surface area contributed by atoms with Crippen molar-refractivity contribution in [1.82, 2.24) is 0 Å². The fourth-order valence-corrected chi connectivity index (χ4v) is 3.24. The minimum Gasteiger partial charge on any atom is -0.358 e. The van der Waals surface area contributed by atoms with E-state index in [4.69, 9.17) is 0 Å². The topological polar surface area (TPSA) is 0 Å². The van der Waals surface area contributed by atoms with Crippen LogP contribution in [0.25, 0.3) is 10.8 Å². The van der Waals surface area contributed by atoms with E-state index in [-0.39, 0.29) is 77.8 Å². The minimum absolute atomic E-state index is 0. The number of hydrogen-bond donors (Lipinski definition) is 0. The molecule has 0 N–H and O–H groups in total. The Labute approximate surface area is 198 Å². The Morgan fingerprint density at radius 1 is 0.821 bits per heavy atom. The molecule has 4 rings (SSSR count). The van der Waals surface area contributed by atoms with Gasteiger partial charge in [-0.3, -0.25) is 0 Å². The third-order valence-electron chi connectivity index (χ3n) is 4.20. The first kappa shape index (κ1) is 41.4. The third kappa shape index (κ3) is 9.50. The van der Waals surface area contributed by atoms with E-state index in [1.54, 1.807) is 11.1 Å². The van der Waals surface area contributed by atoms with Gasteiger partial charge in [0.1, 0.15) is 0 Å². The van der Waals surface area contributed by atoms with Crippen molar-refractivity contribution < 1.29 is 25.8 Å². The molecule has 0 spiro atoms. The fourth-order valence-electron chi connectivity index (χ4n) is 3.24. The van der Waals surface area contributed by atoms with E-state index in [0.29, 0.717) is 5.41 Å². The predicted octanol–water partition coefficient (Wildman–Crippen LogP) is 8.55. The summed E-state index contributed by atoms with van der Waals surface area (Å²) in [5.41, 5.74) is 5.02. The van der Waals surface area contributed by atoms with Crippen LogP contribution < -0.4 is 0 Å². The third-order valence-corrected chi connectivity index (χ3v) is 4.20.